The monoisotopic (exact) mass is 256 g/mol. The van der Waals surface area contributed by atoms with Crippen molar-refractivity contribution in [3.8, 4) is 0 Å². The fourth-order valence-electron chi connectivity index (χ4n) is 3.68. The van der Waals surface area contributed by atoms with Gasteiger partial charge in [-0.05, 0) is 56.7 Å². The lowest BCUT2D eigenvalue weighted by molar-refractivity contribution is 0.459. The van der Waals surface area contributed by atoms with Gasteiger partial charge >= 0.3 is 0 Å². The Morgan fingerprint density at radius 3 is 3.11 bits per heavy atom. The van der Waals surface area contributed by atoms with Crippen molar-refractivity contribution in [1.29, 1.82) is 0 Å². The Bertz CT molecular complexity index is 456. The van der Waals surface area contributed by atoms with Gasteiger partial charge in [0.15, 0.2) is 0 Å². The summed E-state index contributed by atoms with van der Waals surface area (Å²) in [6, 6.07) is 0.298. The lowest BCUT2D eigenvalue weighted by atomic mass is 9.77. The normalized spacial score (nSPS) is 40.3. The van der Waals surface area contributed by atoms with E-state index in [0.29, 0.717) is 17.9 Å². The summed E-state index contributed by atoms with van der Waals surface area (Å²) in [6.45, 7) is 6.66. The van der Waals surface area contributed by atoms with Crippen molar-refractivity contribution in [3.05, 3.63) is 35.7 Å². The van der Waals surface area contributed by atoms with Crippen LogP contribution in [-0.2, 0) is 0 Å². The molecule has 3 aliphatic rings. The average molecular weight is 256 g/mol. The molecule has 2 aliphatic heterocycles. The second-order valence-electron chi connectivity index (χ2n) is 6.20. The summed E-state index contributed by atoms with van der Waals surface area (Å²) in [6.07, 6.45) is 13.9. The molecule has 2 unspecified atom stereocenters. The van der Waals surface area contributed by atoms with E-state index in [1.165, 1.54) is 42.4 Å². The first-order valence-corrected chi connectivity index (χ1v) is 7.56. The molecule has 0 aromatic heterocycles. The van der Waals surface area contributed by atoms with Crippen molar-refractivity contribution in [2.24, 2.45) is 16.8 Å². The lowest BCUT2D eigenvalue weighted by Crippen LogP contribution is -2.26. The number of nitrogens with zero attached hydrogens (tertiary/aromatic N) is 1. The summed E-state index contributed by atoms with van der Waals surface area (Å²) < 4.78 is 0. The zero-order chi connectivity index (χ0) is 13.2. The molecule has 2 nitrogen and oxygen atoms in total. The predicted molar refractivity (Wildman–Crippen MR) is 81.1 cm³/mol. The summed E-state index contributed by atoms with van der Waals surface area (Å²) in [4.78, 5) is 4.85. The number of rotatable bonds is 0. The maximum absolute atomic E-state index is 4.85. The second-order valence-corrected chi connectivity index (χ2v) is 6.20. The highest BCUT2D eigenvalue weighted by Gasteiger charge is 2.32. The Hall–Kier alpha value is -1.31. The number of hydrogen-bond donors (Lipinski definition) is 1. The number of nitrogens with one attached hydrogen (secondary N) is 1. The summed E-state index contributed by atoms with van der Waals surface area (Å²) in [5, 5.41) is 3.35. The molecule has 102 valence electrons. The number of fused-ring (bicyclic) bond motifs is 2. The van der Waals surface area contributed by atoms with Crippen molar-refractivity contribution in [3.63, 3.8) is 0 Å². The molecule has 0 aromatic carbocycles. The largest absolute Gasteiger partial charge is 0.368 e. The van der Waals surface area contributed by atoms with E-state index in [9.17, 15) is 0 Å². The Morgan fingerprint density at radius 2 is 2.21 bits per heavy atom. The zero-order valence-electron chi connectivity index (χ0n) is 11.9. The van der Waals surface area contributed by atoms with E-state index in [1.54, 1.807) is 0 Å². The van der Waals surface area contributed by atoms with E-state index < -0.39 is 0 Å². The average Bonchev–Trinajstić information content (AvgIpc) is 2.47. The minimum Gasteiger partial charge on any atom is -0.368 e. The predicted octanol–water partition coefficient (Wildman–Crippen LogP) is 3.97. The van der Waals surface area contributed by atoms with Crippen LogP contribution in [0.4, 0.5) is 0 Å². The molecule has 3 atom stereocenters. The quantitative estimate of drug-likeness (QED) is 0.651. The summed E-state index contributed by atoms with van der Waals surface area (Å²) >= 11 is 0. The Labute approximate surface area is 116 Å². The molecule has 1 fully saturated rings. The number of hydrogen-bond acceptors (Lipinski definition) is 2. The molecule has 1 aliphatic carbocycles. The van der Waals surface area contributed by atoms with Crippen LogP contribution in [0.1, 0.15) is 45.4 Å². The summed E-state index contributed by atoms with van der Waals surface area (Å²) in [5.41, 5.74) is 4.32. The van der Waals surface area contributed by atoms with Crippen LogP contribution in [0.3, 0.4) is 0 Å². The van der Waals surface area contributed by atoms with Gasteiger partial charge in [0.25, 0.3) is 0 Å². The SMILES string of the molecule is C=C1C2CC=N[C@H]3/C(C)=C\N/C=C(/CCCC2)CC13. The maximum atomic E-state index is 4.85. The Kier molecular flexibility index (Phi) is 3.58. The third kappa shape index (κ3) is 2.54. The fourth-order valence-corrected chi connectivity index (χ4v) is 3.68. The Morgan fingerprint density at radius 1 is 1.32 bits per heavy atom. The third-order valence-electron chi connectivity index (χ3n) is 4.89. The maximum Gasteiger partial charge on any atom is 0.0787 e. The van der Waals surface area contributed by atoms with Gasteiger partial charge in [0.2, 0.25) is 0 Å². The molecule has 0 aromatic rings. The molecule has 1 saturated carbocycles. The molecule has 2 heteroatoms. The van der Waals surface area contributed by atoms with Crippen molar-refractivity contribution >= 4 is 6.21 Å². The first-order chi connectivity index (χ1) is 9.25. The molecule has 2 heterocycles. The van der Waals surface area contributed by atoms with Crippen LogP contribution in [0, 0.1) is 11.8 Å². The van der Waals surface area contributed by atoms with Gasteiger partial charge < -0.3 is 5.32 Å². The minimum atomic E-state index is 0.298. The standard InChI is InChI=1S/C17H24N2/c1-12-10-18-11-14-5-3-4-6-15-7-8-19-17(12)16(9-14)13(15)2/h8,10-11,15-18H,2-7,9H2,1H3/b12-10-,14-11-/t15?,16?,17-/m0/s1. The summed E-state index contributed by atoms with van der Waals surface area (Å²) in [7, 11) is 0. The molecular weight excluding hydrogens is 232 g/mol. The second kappa shape index (κ2) is 5.36. The molecule has 19 heavy (non-hydrogen) atoms. The van der Waals surface area contributed by atoms with Gasteiger partial charge in [-0.25, -0.2) is 0 Å². The van der Waals surface area contributed by atoms with Crippen LogP contribution < -0.4 is 5.32 Å². The fraction of sp³-hybridized carbons (Fsp3) is 0.588. The number of aliphatic imine (C=N–C) groups is 1. The Balaban J connectivity index is 2.03. The van der Waals surface area contributed by atoms with Gasteiger partial charge in [0.05, 0.1) is 6.04 Å². The first kappa shape index (κ1) is 12.7. The van der Waals surface area contributed by atoms with E-state index >= 15 is 0 Å². The van der Waals surface area contributed by atoms with Crippen LogP contribution in [0.15, 0.2) is 40.7 Å². The van der Waals surface area contributed by atoms with Crippen LogP contribution in [0.5, 0.6) is 0 Å². The van der Waals surface area contributed by atoms with Crippen LogP contribution in [0.2, 0.25) is 0 Å². The van der Waals surface area contributed by atoms with E-state index in [-0.39, 0.29) is 0 Å². The van der Waals surface area contributed by atoms with Crippen LogP contribution >= 0.6 is 0 Å². The molecule has 0 saturated heterocycles. The molecule has 0 radical (unpaired) electrons. The van der Waals surface area contributed by atoms with Crippen molar-refractivity contribution < 1.29 is 0 Å². The summed E-state index contributed by atoms with van der Waals surface area (Å²) in [5.74, 6) is 1.16. The molecular formula is C17H24N2. The van der Waals surface area contributed by atoms with E-state index in [2.05, 4.69) is 37.4 Å². The highest BCUT2D eigenvalue weighted by Crippen LogP contribution is 2.40. The molecule has 1 N–H and O–H groups in total. The molecule has 3 bridgehead atoms. The van der Waals surface area contributed by atoms with Crippen molar-refractivity contribution in [2.75, 3.05) is 0 Å². The van der Waals surface area contributed by atoms with Crippen molar-refractivity contribution in [2.45, 2.75) is 51.5 Å². The van der Waals surface area contributed by atoms with Gasteiger partial charge in [0.1, 0.15) is 0 Å². The highest BCUT2D eigenvalue weighted by molar-refractivity contribution is 5.60. The number of allylic oxidation sites excluding steroid dienone is 1. The smallest absolute Gasteiger partial charge is 0.0787 e. The highest BCUT2D eigenvalue weighted by atomic mass is 14.9. The minimum absolute atomic E-state index is 0.298. The van der Waals surface area contributed by atoms with Crippen LogP contribution in [0.25, 0.3) is 0 Å². The molecule has 0 spiro atoms. The van der Waals surface area contributed by atoms with Gasteiger partial charge in [-0.1, -0.05) is 24.1 Å². The first-order valence-electron chi connectivity index (χ1n) is 7.56. The molecule has 0 amide bonds. The third-order valence-corrected chi connectivity index (χ3v) is 4.89. The topological polar surface area (TPSA) is 24.4 Å². The zero-order valence-corrected chi connectivity index (χ0v) is 11.9. The van der Waals surface area contributed by atoms with Crippen molar-refractivity contribution in [1.82, 2.24) is 5.32 Å². The van der Waals surface area contributed by atoms with Gasteiger partial charge in [0, 0.05) is 18.3 Å². The molecule has 3 rings (SSSR count). The van der Waals surface area contributed by atoms with Gasteiger partial charge in [-0.2, -0.15) is 0 Å². The van der Waals surface area contributed by atoms with Gasteiger partial charge in [-0.15, -0.1) is 0 Å². The van der Waals surface area contributed by atoms with Crippen LogP contribution in [-0.4, -0.2) is 12.3 Å². The van der Waals surface area contributed by atoms with E-state index in [4.69, 9.17) is 4.99 Å². The lowest BCUT2D eigenvalue weighted by Gasteiger charge is -2.30. The van der Waals surface area contributed by atoms with E-state index in [1.807, 2.05) is 0 Å². The van der Waals surface area contributed by atoms with Gasteiger partial charge in [-0.3, -0.25) is 4.99 Å². The van der Waals surface area contributed by atoms with E-state index in [0.717, 1.165) is 12.8 Å².